The molecule has 0 spiro atoms. The van der Waals surface area contributed by atoms with Crippen LogP contribution in [0.5, 0.6) is 0 Å². The number of hydrogen-bond donors (Lipinski definition) is 1. The second-order valence-corrected chi connectivity index (χ2v) is 5.46. The third kappa shape index (κ3) is 2.25. The Hall–Kier alpha value is -0.940. The van der Waals surface area contributed by atoms with Crippen molar-refractivity contribution in [3.05, 3.63) is 15.6 Å². The zero-order valence-corrected chi connectivity index (χ0v) is 10.5. The standard InChI is InChI=1S/C11H17N3OS/c1-7-9(10(12)15)16-11(13-7)8-4-3-5-14(2)6-8/h8H,3-6H2,1-2H3,(H2,12,15). The van der Waals surface area contributed by atoms with Gasteiger partial charge in [-0.25, -0.2) is 4.98 Å². The molecule has 2 heterocycles. The van der Waals surface area contributed by atoms with Crippen molar-refractivity contribution in [2.75, 3.05) is 20.1 Å². The summed E-state index contributed by atoms with van der Waals surface area (Å²) < 4.78 is 0. The largest absolute Gasteiger partial charge is 0.365 e. The molecule has 0 aliphatic carbocycles. The summed E-state index contributed by atoms with van der Waals surface area (Å²) >= 11 is 1.46. The first-order valence-electron chi connectivity index (χ1n) is 5.53. The second-order valence-electron chi connectivity index (χ2n) is 4.43. The average molecular weight is 239 g/mol. The lowest BCUT2D eigenvalue weighted by Gasteiger charge is -2.28. The summed E-state index contributed by atoms with van der Waals surface area (Å²) in [6.07, 6.45) is 2.36. The van der Waals surface area contributed by atoms with Crippen molar-refractivity contribution < 1.29 is 4.79 Å². The molecule has 16 heavy (non-hydrogen) atoms. The number of aromatic nitrogens is 1. The number of aryl methyl sites for hydroxylation is 1. The Bertz CT molecular complexity index is 402. The molecule has 1 saturated heterocycles. The normalized spacial score (nSPS) is 22.2. The predicted octanol–water partition coefficient (Wildman–Crippen LogP) is 1.36. The quantitative estimate of drug-likeness (QED) is 0.847. The first-order chi connectivity index (χ1) is 7.58. The van der Waals surface area contributed by atoms with Crippen LogP contribution in [-0.4, -0.2) is 35.9 Å². The maximum atomic E-state index is 11.2. The molecule has 2 N–H and O–H groups in total. The highest BCUT2D eigenvalue weighted by Gasteiger charge is 2.23. The van der Waals surface area contributed by atoms with Crippen molar-refractivity contribution in [2.45, 2.75) is 25.7 Å². The first-order valence-corrected chi connectivity index (χ1v) is 6.35. The molecule has 1 unspecified atom stereocenters. The minimum Gasteiger partial charge on any atom is -0.365 e. The molecule has 1 aromatic rings. The van der Waals surface area contributed by atoms with E-state index in [1.54, 1.807) is 0 Å². The van der Waals surface area contributed by atoms with Gasteiger partial charge in [-0.15, -0.1) is 11.3 Å². The highest BCUT2D eigenvalue weighted by atomic mass is 32.1. The number of hydrogen-bond acceptors (Lipinski definition) is 4. The smallest absolute Gasteiger partial charge is 0.260 e. The number of thiazole rings is 1. The number of piperidine rings is 1. The van der Waals surface area contributed by atoms with Gasteiger partial charge in [0.1, 0.15) is 4.88 Å². The number of primary amides is 1. The number of likely N-dealkylation sites (tertiary alicyclic amines) is 1. The van der Waals surface area contributed by atoms with Crippen molar-refractivity contribution in [1.82, 2.24) is 9.88 Å². The number of likely N-dealkylation sites (N-methyl/N-ethyl adjacent to an activating group) is 1. The second kappa shape index (κ2) is 4.51. The fraction of sp³-hybridized carbons (Fsp3) is 0.636. The van der Waals surface area contributed by atoms with Gasteiger partial charge >= 0.3 is 0 Å². The number of amides is 1. The fourth-order valence-corrected chi connectivity index (χ4v) is 3.23. The van der Waals surface area contributed by atoms with E-state index in [9.17, 15) is 4.79 Å². The number of rotatable bonds is 2. The van der Waals surface area contributed by atoms with Gasteiger partial charge in [0.2, 0.25) is 0 Å². The topological polar surface area (TPSA) is 59.2 Å². The lowest BCUT2D eigenvalue weighted by Crippen LogP contribution is -2.30. The lowest BCUT2D eigenvalue weighted by atomic mass is 9.99. The van der Waals surface area contributed by atoms with E-state index in [0.29, 0.717) is 10.8 Å². The van der Waals surface area contributed by atoms with Crippen LogP contribution in [0.25, 0.3) is 0 Å². The van der Waals surface area contributed by atoms with Crippen molar-refractivity contribution in [3.8, 4) is 0 Å². The number of carbonyl (C=O) groups is 1. The van der Waals surface area contributed by atoms with Gasteiger partial charge < -0.3 is 10.6 Å². The Morgan fingerprint density at radius 3 is 2.94 bits per heavy atom. The Morgan fingerprint density at radius 1 is 1.62 bits per heavy atom. The maximum Gasteiger partial charge on any atom is 0.260 e. The molecule has 0 aromatic carbocycles. The Kier molecular flexibility index (Phi) is 3.25. The van der Waals surface area contributed by atoms with Crippen LogP contribution in [0.3, 0.4) is 0 Å². The Morgan fingerprint density at radius 2 is 2.38 bits per heavy atom. The molecule has 0 bridgehead atoms. The molecular formula is C11H17N3OS. The molecule has 1 aliphatic rings. The molecule has 88 valence electrons. The van der Waals surface area contributed by atoms with Gasteiger partial charge in [0, 0.05) is 12.5 Å². The van der Waals surface area contributed by atoms with Crippen LogP contribution in [0.15, 0.2) is 0 Å². The molecule has 0 radical (unpaired) electrons. The maximum absolute atomic E-state index is 11.2. The predicted molar refractivity (Wildman–Crippen MR) is 64.8 cm³/mol. The van der Waals surface area contributed by atoms with Gasteiger partial charge in [0.15, 0.2) is 0 Å². The summed E-state index contributed by atoms with van der Waals surface area (Å²) in [4.78, 5) is 18.6. The summed E-state index contributed by atoms with van der Waals surface area (Å²) in [5, 5.41) is 1.07. The molecule has 0 saturated carbocycles. The zero-order valence-electron chi connectivity index (χ0n) is 9.69. The van der Waals surface area contributed by atoms with E-state index < -0.39 is 0 Å². The van der Waals surface area contributed by atoms with E-state index in [1.165, 1.54) is 17.8 Å². The van der Waals surface area contributed by atoms with Crippen LogP contribution in [0.1, 0.15) is 39.1 Å². The lowest BCUT2D eigenvalue weighted by molar-refractivity contribution is 0.100. The van der Waals surface area contributed by atoms with Gasteiger partial charge in [-0.3, -0.25) is 4.79 Å². The van der Waals surface area contributed by atoms with Gasteiger partial charge in [-0.05, 0) is 33.4 Å². The minimum atomic E-state index is -0.356. The Labute approximate surface area is 99.5 Å². The van der Waals surface area contributed by atoms with Crippen molar-refractivity contribution in [3.63, 3.8) is 0 Å². The van der Waals surface area contributed by atoms with E-state index >= 15 is 0 Å². The fourth-order valence-electron chi connectivity index (χ4n) is 2.19. The van der Waals surface area contributed by atoms with E-state index in [0.717, 1.165) is 30.2 Å². The van der Waals surface area contributed by atoms with Crippen LogP contribution in [0, 0.1) is 6.92 Å². The minimum absolute atomic E-state index is 0.356. The summed E-state index contributed by atoms with van der Waals surface area (Å²) in [5.74, 6) is 0.112. The third-order valence-electron chi connectivity index (χ3n) is 3.01. The van der Waals surface area contributed by atoms with E-state index in [1.807, 2.05) is 6.92 Å². The first kappa shape index (κ1) is 11.5. The summed E-state index contributed by atoms with van der Waals surface area (Å²) in [6, 6.07) is 0. The van der Waals surface area contributed by atoms with Gasteiger partial charge in [-0.1, -0.05) is 0 Å². The van der Waals surface area contributed by atoms with Crippen molar-refractivity contribution in [1.29, 1.82) is 0 Å². The van der Waals surface area contributed by atoms with Crippen LogP contribution < -0.4 is 5.73 Å². The van der Waals surface area contributed by atoms with Crippen molar-refractivity contribution >= 4 is 17.2 Å². The molecule has 4 nitrogen and oxygen atoms in total. The molecule has 1 amide bonds. The van der Waals surface area contributed by atoms with Crippen LogP contribution in [0.4, 0.5) is 0 Å². The number of nitrogens with two attached hydrogens (primary N) is 1. The van der Waals surface area contributed by atoms with Crippen LogP contribution >= 0.6 is 11.3 Å². The Balaban J connectivity index is 2.20. The molecular weight excluding hydrogens is 222 g/mol. The molecule has 5 heteroatoms. The molecule has 1 fully saturated rings. The molecule has 1 aromatic heterocycles. The molecule has 2 rings (SSSR count). The van der Waals surface area contributed by atoms with E-state index in [4.69, 9.17) is 5.73 Å². The average Bonchev–Trinajstić information content (AvgIpc) is 2.60. The van der Waals surface area contributed by atoms with Crippen LogP contribution in [-0.2, 0) is 0 Å². The summed E-state index contributed by atoms with van der Waals surface area (Å²) in [6.45, 7) is 4.04. The molecule has 1 atom stereocenters. The summed E-state index contributed by atoms with van der Waals surface area (Å²) in [7, 11) is 2.13. The highest BCUT2D eigenvalue weighted by molar-refractivity contribution is 7.13. The van der Waals surface area contributed by atoms with Gasteiger partial charge in [0.25, 0.3) is 5.91 Å². The SMILES string of the molecule is Cc1nc(C2CCCN(C)C2)sc1C(N)=O. The summed E-state index contributed by atoms with van der Waals surface area (Å²) in [5.41, 5.74) is 6.08. The van der Waals surface area contributed by atoms with E-state index in [-0.39, 0.29) is 5.91 Å². The number of carbonyl (C=O) groups excluding carboxylic acids is 1. The monoisotopic (exact) mass is 239 g/mol. The third-order valence-corrected chi connectivity index (χ3v) is 4.35. The van der Waals surface area contributed by atoms with Gasteiger partial charge in [-0.2, -0.15) is 0 Å². The zero-order chi connectivity index (χ0) is 11.7. The number of nitrogens with zero attached hydrogens (tertiary/aromatic N) is 2. The van der Waals surface area contributed by atoms with Crippen molar-refractivity contribution in [2.24, 2.45) is 5.73 Å². The highest BCUT2D eigenvalue weighted by Crippen LogP contribution is 2.30. The van der Waals surface area contributed by atoms with Gasteiger partial charge in [0.05, 0.1) is 10.7 Å². The molecule has 1 aliphatic heterocycles. The van der Waals surface area contributed by atoms with Crippen LogP contribution in [0.2, 0.25) is 0 Å². The van der Waals surface area contributed by atoms with E-state index in [2.05, 4.69) is 16.9 Å².